The Balaban J connectivity index is 1.97. The lowest BCUT2D eigenvalue weighted by molar-refractivity contribution is -0.133. The van der Waals surface area contributed by atoms with Crippen LogP contribution >= 0.6 is 23.4 Å². The molecule has 1 N–H and O–H groups in total. The smallest absolute Gasteiger partial charge is 0.313 e. The summed E-state index contributed by atoms with van der Waals surface area (Å²) >= 11 is 7.25. The molecule has 1 aliphatic rings. The Bertz CT molecular complexity index is 682. The Kier molecular flexibility index (Phi) is 4.10. The highest BCUT2D eigenvalue weighted by Crippen LogP contribution is 2.40. The maximum Gasteiger partial charge on any atom is 0.313 e. The van der Waals surface area contributed by atoms with E-state index in [1.165, 1.54) is 11.8 Å². The number of benzene rings is 1. The van der Waals surface area contributed by atoms with Crippen molar-refractivity contribution in [1.29, 1.82) is 0 Å². The fourth-order valence-electron chi connectivity index (χ4n) is 2.57. The molecule has 0 aliphatic heterocycles. The van der Waals surface area contributed by atoms with Crippen LogP contribution in [0.1, 0.15) is 18.9 Å². The lowest BCUT2D eigenvalue weighted by Crippen LogP contribution is -2.32. The lowest BCUT2D eigenvalue weighted by Gasteiger charge is -2.36. The van der Waals surface area contributed by atoms with Crippen LogP contribution < -0.4 is 0 Å². The van der Waals surface area contributed by atoms with E-state index in [0.29, 0.717) is 11.1 Å². The molecule has 0 unspecified atom stereocenters. The number of aliphatic carboxylic acids is 1. The minimum Gasteiger partial charge on any atom is -0.481 e. The lowest BCUT2D eigenvalue weighted by atomic mass is 9.89. The summed E-state index contributed by atoms with van der Waals surface area (Å²) in [5, 5.41) is 10.2. The second kappa shape index (κ2) is 5.87. The minimum absolute atomic E-state index is 0.00250. The number of hydrogen-bond acceptors (Lipinski definition) is 4. The zero-order valence-electron chi connectivity index (χ0n) is 11.5. The average Bonchev–Trinajstić information content (AvgIpc) is 2.73. The van der Waals surface area contributed by atoms with Gasteiger partial charge in [0.25, 0.3) is 0 Å². The molecule has 0 atom stereocenters. The Morgan fingerprint density at radius 1 is 1.57 bits per heavy atom. The maximum absolute atomic E-state index is 10.8. The fourth-order valence-corrected chi connectivity index (χ4v) is 3.54. The van der Waals surface area contributed by atoms with Gasteiger partial charge in [-0.2, -0.15) is 0 Å². The molecule has 0 bridgehead atoms. The molecule has 1 aliphatic carbocycles. The highest BCUT2D eigenvalue weighted by molar-refractivity contribution is 7.99. The summed E-state index contributed by atoms with van der Waals surface area (Å²) in [5.41, 5.74) is 1.79. The molecule has 0 amide bonds. The van der Waals surface area contributed by atoms with Crippen LogP contribution in [0.4, 0.5) is 0 Å². The standard InChI is InChI=1S/C14H15ClN2O3S/c1-20-10-5-9(6-10)17-12-3-2-8(15)4-11(12)16-14(17)21-7-13(18)19/h2-4,9-10H,5-7H2,1H3,(H,18,19). The van der Waals surface area contributed by atoms with Crippen LogP contribution in [-0.4, -0.2) is 39.6 Å². The number of aromatic nitrogens is 2. The first kappa shape index (κ1) is 14.7. The van der Waals surface area contributed by atoms with Crippen molar-refractivity contribution in [2.24, 2.45) is 0 Å². The first-order valence-corrected chi connectivity index (χ1v) is 7.99. The quantitative estimate of drug-likeness (QED) is 0.855. The fraction of sp³-hybridized carbons (Fsp3) is 0.429. The van der Waals surface area contributed by atoms with Crippen molar-refractivity contribution in [2.45, 2.75) is 30.1 Å². The van der Waals surface area contributed by atoms with Crippen molar-refractivity contribution in [3.63, 3.8) is 0 Å². The number of carbonyl (C=O) groups is 1. The molecule has 5 nitrogen and oxygen atoms in total. The summed E-state index contributed by atoms with van der Waals surface area (Å²) in [6.07, 6.45) is 2.12. The second-order valence-electron chi connectivity index (χ2n) is 5.06. The molecule has 0 saturated heterocycles. The third kappa shape index (κ3) is 2.88. The number of halogens is 1. The summed E-state index contributed by atoms with van der Waals surface area (Å²) < 4.78 is 7.45. The maximum atomic E-state index is 10.8. The largest absolute Gasteiger partial charge is 0.481 e. The number of methoxy groups -OCH3 is 1. The van der Waals surface area contributed by atoms with Gasteiger partial charge in [0.2, 0.25) is 0 Å². The van der Waals surface area contributed by atoms with Gasteiger partial charge in [0.1, 0.15) is 0 Å². The van der Waals surface area contributed by atoms with E-state index >= 15 is 0 Å². The van der Waals surface area contributed by atoms with Crippen molar-refractivity contribution in [2.75, 3.05) is 12.9 Å². The first-order chi connectivity index (χ1) is 10.1. The highest BCUT2D eigenvalue weighted by atomic mass is 35.5. The molecule has 0 spiro atoms. The number of imidazole rings is 1. The van der Waals surface area contributed by atoms with Gasteiger partial charge >= 0.3 is 5.97 Å². The van der Waals surface area contributed by atoms with Gasteiger partial charge in [-0.3, -0.25) is 4.79 Å². The minimum atomic E-state index is -0.847. The van der Waals surface area contributed by atoms with Crippen molar-refractivity contribution >= 4 is 40.4 Å². The summed E-state index contributed by atoms with van der Waals surface area (Å²) in [6.45, 7) is 0. The molecule has 112 valence electrons. The van der Waals surface area contributed by atoms with Crippen LogP contribution in [-0.2, 0) is 9.53 Å². The Morgan fingerprint density at radius 2 is 2.33 bits per heavy atom. The number of rotatable bonds is 5. The van der Waals surface area contributed by atoms with E-state index in [4.69, 9.17) is 21.4 Å². The normalized spacial score (nSPS) is 21.4. The average molecular weight is 327 g/mol. The molecule has 1 aromatic heterocycles. The van der Waals surface area contributed by atoms with E-state index in [9.17, 15) is 4.79 Å². The van der Waals surface area contributed by atoms with Crippen LogP contribution in [0, 0.1) is 0 Å². The Morgan fingerprint density at radius 3 is 3.00 bits per heavy atom. The van der Waals surface area contributed by atoms with Crippen LogP contribution in [0.25, 0.3) is 11.0 Å². The van der Waals surface area contributed by atoms with E-state index in [0.717, 1.165) is 29.0 Å². The van der Waals surface area contributed by atoms with Crippen molar-refractivity contribution in [3.8, 4) is 0 Å². The van der Waals surface area contributed by atoms with Gasteiger partial charge in [0.15, 0.2) is 5.16 Å². The van der Waals surface area contributed by atoms with Gasteiger partial charge in [-0.15, -0.1) is 0 Å². The summed E-state index contributed by atoms with van der Waals surface area (Å²) in [5.74, 6) is -0.850. The van der Waals surface area contributed by atoms with Gasteiger partial charge in [-0.25, -0.2) is 4.98 Å². The van der Waals surface area contributed by atoms with Crippen LogP contribution in [0.2, 0.25) is 5.02 Å². The van der Waals surface area contributed by atoms with Crippen LogP contribution in [0.15, 0.2) is 23.4 Å². The zero-order chi connectivity index (χ0) is 15.0. The third-order valence-corrected chi connectivity index (χ3v) is 4.88. The van der Waals surface area contributed by atoms with Crippen molar-refractivity contribution in [3.05, 3.63) is 23.2 Å². The Labute approximate surface area is 131 Å². The van der Waals surface area contributed by atoms with Crippen LogP contribution in [0.3, 0.4) is 0 Å². The molecule has 0 radical (unpaired) electrons. The number of hydrogen-bond donors (Lipinski definition) is 1. The van der Waals surface area contributed by atoms with Gasteiger partial charge in [-0.05, 0) is 31.0 Å². The van der Waals surface area contributed by atoms with Gasteiger partial charge in [0, 0.05) is 18.2 Å². The molecule has 2 aromatic rings. The van der Waals surface area contributed by atoms with Gasteiger partial charge in [-0.1, -0.05) is 23.4 Å². The van der Waals surface area contributed by atoms with Crippen LogP contribution in [0.5, 0.6) is 0 Å². The van der Waals surface area contributed by atoms with Gasteiger partial charge < -0.3 is 14.4 Å². The number of thioether (sulfide) groups is 1. The van der Waals surface area contributed by atoms with E-state index in [-0.39, 0.29) is 11.9 Å². The number of carboxylic acid groups (broad SMARTS) is 1. The van der Waals surface area contributed by atoms with Gasteiger partial charge in [0.05, 0.1) is 22.9 Å². The molecular weight excluding hydrogens is 312 g/mol. The molecular formula is C14H15ClN2O3S. The number of fused-ring (bicyclic) bond motifs is 1. The second-order valence-corrected chi connectivity index (χ2v) is 6.44. The van der Waals surface area contributed by atoms with Crippen molar-refractivity contribution in [1.82, 2.24) is 9.55 Å². The molecule has 1 heterocycles. The SMILES string of the molecule is COC1CC(n2c(SCC(=O)O)nc3cc(Cl)ccc32)C1. The number of nitrogens with zero attached hydrogens (tertiary/aromatic N) is 2. The Hall–Kier alpha value is -1.24. The first-order valence-electron chi connectivity index (χ1n) is 6.63. The molecule has 1 saturated carbocycles. The molecule has 1 aromatic carbocycles. The summed E-state index contributed by atoms with van der Waals surface area (Å²) in [4.78, 5) is 15.3. The predicted molar refractivity (Wildman–Crippen MR) is 82.2 cm³/mol. The molecule has 1 fully saturated rings. The zero-order valence-corrected chi connectivity index (χ0v) is 13.0. The topological polar surface area (TPSA) is 64.3 Å². The van der Waals surface area contributed by atoms with E-state index in [1.54, 1.807) is 7.11 Å². The summed E-state index contributed by atoms with van der Waals surface area (Å²) in [7, 11) is 1.72. The van der Waals surface area contributed by atoms with E-state index < -0.39 is 5.97 Å². The molecule has 21 heavy (non-hydrogen) atoms. The highest BCUT2D eigenvalue weighted by Gasteiger charge is 2.33. The van der Waals surface area contributed by atoms with Crippen molar-refractivity contribution < 1.29 is 14.6 Å². The third-order valence-electron chi connectivity index (χ3n) is 3.71. The number of carboxylic acids is 1. The summed E-state index contributed by atoms with van der Waals surface area (Å²) in [6, 6.07) is 5.89. The molecule has 3 rings (SSSR count). The number of ether oxygens (including phenoxy) is 1. The predicted octanol–water partition coefficient (Wildman–Crippen LogP) is 3.22. The monoisotopic (exact) mass is 326 g/mol. The van der Waals surface area contributed by atoms with E-state index in [1.807, 2.05) is 18.2 Å². The molecule has 7 heteroatoms. The van der Waals surface area contributed by atoms with E-state index in [2.05, 4.69) is 9.55 Å².